The zero-order valence-corrected chi connectivity index (χ0v) is 21.3. The van der Waals surface area contributed by atoms with E-state index in [4.69, 9.17) is 9.47 Å². The number of hydrogen-bond acceptors (Lipinski definition) is 4. The Hall–Kier alpha value is -2.60. The molecule has 0 aromatic heterocycles. The van der Waals surface area contributed by atoms with E-state index in [-0.39, 0.29) is 5.70 Å². The number of methoxy groups -OCH3 is 1. The molecule has 0 unspecified atom stereocenters. The van der Waals surface area contributed by atoms with Crippen molar-refractivity contribution in [3.8, 4) is 11.5 Å². The van der Waals surface area contributed by atoms with E-state index in [9.17, 15) is 14.7 Å². The number of benzene rings is 3. The number of carbonyl (C=O) groups is 2. The molecule has 2 N–H and O–H groups in total. The Morgan fingerprint density at radius 1 is 1.03 bits per heavy atom. The molecule has 0 spiro atoms. The number of carbonyl (C=O) groups excluding carboxylic acids is 1. The zero-order chi connectivity index (χ0) is 23.1. The van der Waals surface area contributed by atoms with Crippen molar-refractivity contribution in [2.45, 2.75) is 6.61 Å². The minimum Gasteiger partial charge on any atom is -0.493 e. The molecule has 0 saturated carbocycles. The van der Waals surface area contributed by atoms with Crippen molar-refractivity contribution < 1.29 is 24.2 Å². The zero-order valence-electron chi connectivity index (χ0n) is 17.0. The van der Waals surface area contributed by atoms with Crippen LogP contribution in [0.2, 0.25) is 0 Å². The smallest absolute Gasteiger partial charge is 0.352 e. The maximum absolute atomic E-state index is 12.4. The van der Waals surface area contributed by atoms with Crippen LogP contribution in [0.3, 0.4) is 0 Å². The third kappa shape index (κ3) is 6.45. The Morgan fingerprint density at radius 2 is 1.78 bits per heavy atom. The molecule has 0 saturated heterocycles. The maximum Gasteiger partial charge on any atom is 0.352 e. The van der Waals surface area contributed by atoms with Crippen LogP contribution in [0.4, 0.5) is 0 Å². The minimum atomic E-state index is -1.25. The maximum atomic E-state index is 12.4. The van der Waals surface area contributed by atoms with Gasteiger partial charge in [0.2, 0.25) is 0 Å². The molecule has 0 bridgehead atoms. The monoisotopic (exact) mass is 655 g/mol. The first-order valence-corrected chi connectivity index (χ1v) is 11.6. The van der Waals surface area contributed by atoms with Gasteiger partial charge in [0, 0.05) is 9.13 Å². The summed E-state index contributed by atoms with van der Waals surface area (Å²) in [5.41, 5.74) is 1.70. The van der Waals surface area contributed by atoms with E-state index in [0.29, 0.717) is 29.2 Å². The molecule has 3 aromatic carbocycles. The fourth-order valence-corrected chi connectivity index (χ4v) is 4.24. The van der Waals surface area contributed by atoms with Gasteiger partial charge in [-0.2, -0.15) is 0 Å². The van der Waals surface area contributed by atoms with Crippen molar-refractivity contribution in [1.82, 2.24) is 5.32 Å². The largest absolute Gasteiger partial charge is 0.493 e. The second-order valence-electron chi connectivity index (χ2n) is 6.64. The van der Waals surface area contributed by atoms with Crippen LogP contribution in [0, 0.1) is 7.14 Å². The number of rotatable bonds is 8. The molecule has 0 aliphatic carbocycles. The van der Waals surface area contributed by atoms with Gasteiger partial charge in [-0.25, -0.2) is 4.79 Å². The summed E-state index contributed by atoms with van der Waals surface area (Å²) in [6.45, 7) is 0.367. The summed E-state index contributed by atoms with van der Waals surface area (Å²) in [5.74, 6) is -0.720. The van der Waals surface area contributed by atoms with E-state index in [2.05, 4.69) is 50.5 Å². The molecule has 0 radical (unpaired) electrons. The van der Waals surface area contributed by atoms with Gasteiger partial charge in [-0.3, -0.25) is 4.79 Å². The summed E-state index contributed by atoms with van der Waals surface area (Å²) in [6.07, 6.45) is 1.39. The van der Waals surface area contributed by atoms with Crippen LogP contribution in [0.5, 0.6) is 11.5 Å². The van der Waals surface area contributed by atoms with Gasteiger partial charge >= 0.3 is 5.97 Å². The summed E-state index contributed by atoms with van der Waals surface area (Å²) in [5, 5.41) is 12.0. The summed E-state index contributed by atoms with van der Waals surface area (Å²) in [7, 11) is 1.52. The minimum absolute atomic E-state index is 0.246. The highest BCUT2D eigenvalue weighted by molar-refractivity contribution is 14.1. The Labute approximate surface area is 212 Å². The predicted molar refractivity (Wildman–Crippen MR) is 139 cm³/mol. The first-order valence-electron chi connectivity index (χ1n) is 9.43. The quantitative estimate of drug-likeness (QED) is 0.253. The Bertz CT molecular complexity index is 1160. The van der Waals surface area contributed by atoms with Gasteiger partial charge in [0.15, 0.2) is 11.5 Å². The van der Waals surface area contributed by atoms with Gasteiger partial charge in [0.1, 0.15) is 12.3 Å². The Morgan fingerprint density at radius 3 is 2.44 bits per heavy atom. The van der Waals surface area contributed by atoms with E-state index in [0.717, 1.165) is 12.7 Å². The third-order valence-corrected chi connectivity index (χ3v) is 5.82. The number of aliphatic carboxylic acids is 1. The molecule has 0 aliphatic rings. The number of nitrogens with one attached hydrogen (secondary N) is 1. The molecule has 0 heterocycles. The fourth-order valence-electron chi connectivity index (χ4n) is 2.85. The Balaban J connectivity index is 1.84. The van der Waals surface area contributed by atoms with Crippen molar-refractivity contribution in [3.05, 3.63) is 96.3 Å². The van der Waals surface area contributed by atoms with Crippen LogP contribution in [0.25, 0.3) is 6.08 Å². The van der Waals surface area contributed by atoms with Crippen LogP contribution in [0.1, 0.15) is 21.5 Å². The van der Waals surface area contributed by atoms with Gasteiger partial charge in [-0.15, -0.1) is 0 Å². The summed E-state index contributed by atoms with van der Waals surface area (Å²) >= 11 is 4.36. The van der Waals surface area contributed by atoms with Crippen molar-refractivity contribution in [1.29, 1.82) is 0 Å². The van der Waals surface area contributed by atoms with Gasteiger partial charge in [0.25, 0.3) is 5.91 Å². The first kappa shape index (κ1) is 24.1. The lowest BCUT2D eigenvalue weighted by Gasteiger charge is -2.14. The van der Waals surface area contributed by atoms with Crippen LogP contribution >= 0.6 is 45.2 Å². The predicted octanol–water partition coefficient (Wildman–Crippen LogP) is 5.34. The number of carboxylic acids is 1. The molecule has 1 amide bonds. The van der Waals surface area contributed by atoms with Crippen LogP contribution in [-0.2, 0) is 11.4 Å². The number of hydrogen-bond donors (Lipinski definition) is 2. The van der Waals surface area contributed by atoms with Gasteiger partial charge in [-0.05, 0) is 98.8 Å². The average molecular weight is 655 g/mol. The lowest BCUT2D eigenvalue weighted by Crippen LogP contribution is -2.27. The summed E-state index contributed by atoms with van der Waals surface area (Å²) in [6, 6.07) is 19.8. The molecular formula is C24H19I2NO5. The average Bonchev–Trinajstić information content (AvgIpc) is 2.78. The number of ether oxygens (including phenoxy) is 2. The standard InChI is InChI=1S/C24H19I2NO5/c1-31-21-13-16(11-19(26)22(21)32-14-15-6-5-9-18(25)10-15)12-20(24(29)30)27-23(28)17-7-3-2-4-8-17/h2-13H,14H2,1H3,(H,27,28)(H,29,30). The molecule has 3 aromatic rings. The molecular weight excluding hydrogens is 636 g/mol. The highest BCUT2D eigenvalue weighted by Gasteiger charge is 2.16. The van der Waals surface area contributed by atoms with Gasteiger partial charge < -0.3 is 19.9 Å². The van der Waals surface area contributed by atoms with E-state index >= 15 is 0 Å². The molecule has 164 valence electrons. The molecule has 0 aliphatic heterocycles. The van der Waals surface area contributed by atoms with E-state index in [1.54, 1.807) is 42.5 Å². The second-order valence-corrected chi connectivity index (χ2v) is 9.04. The second kappa shape index (κ2) is 11.3. The van der Waals surface area contributed by atoms with Gasteiger partial charge in [-0.1, -0.05) is 30.3 Å². The van der Waals surface area contributed by atoms with Crippen LogP contribution < -0.4 is 14.8 Å². The normalized spacial score (nSPS) is 11.0. The molecule has 0 fully saturated rings. The summed E-state index contributed by atoms with van der Waals surface area (Å²) in [4.78, 5) is 24.1. The SMILES string of the molecule is COc1cc(C=C(NC(=O)c2ccccc2)C(=O)O)cc(I)c1OCc1cccc(I)c1. The molecule has 3 rings (SSSR count). The highest BCUT2D eigenvalue weighted by Crippen LogP contribution is 2.35. The highest BCUT2D eigenvalue weighted by atomic mass is 127. The third-order valence-electron chi connectivity index (χ3n) is 4.35. The van der Waals surface area contributed by atoms with Gasteiger partial charge in [0.05, 0.1) is 10.7 Å². The molecule has 6 nitrogen and oxygen atoms in total. The van der Waals surface area contributed by atoms with Crippen molar-refractivity contribution in [3.63, 3.8) is 0 Å². The van der Waals surface area contributed by atoms with E-state index in [1.165, 1.54) is 13.2 Å². The van der Waals surface area contributed by atoms with Crippen molar-refractivity contribution in [2.75, 3.05) is 7.11 Å². The lowest BCUT2D eigenvalue weighted by molar-refractivity contribution is -0.132. The van der Waals surface area contributed by atoms with Crippen LogP contribution in [-0.4, -0.2) is 24.1 Å². The van der Waals surface area contributed by atoms with Crippen molar-refractivity contribution >= 4 is 63.1 Å². The van der Waals surface area contributed by atoms with Crippen LogP contribution in [0.15, 0.2) is 72.4 Å². The molecule has 0 atom stereocenters. The van der Waals surface area contributed by atoms with Crippen molar-refractivity contribution in [2.24, 2.45) is 0 Å². The fraction of sp³-hybridized carbons (Fsp3) is 0.0833. The number of halogens is 2. The molecule has 32 heavy (non-hydrogen) atoms. The van der Waals surface area contributed by atoms with E-state index < -0.39 is 11.9 Å². The number of carboxylic acid groups (broad SMARTS) is 1. The lowest BCUT2D eigenvalue weighted by atomic mass is 10.1. The number of amides is 1. The Kier molecular flexibility index (Phi) is 8.51. The van der Waals surface area contributed by atoms with E-state index in [1.807, 2.05) is 24.3 Å². The molecule has 8 heteroatoms. The topological polar surface area (TPSA) is 84.9 Å². The first-order chi connectivity index (χ1) is 15.4. The summed E-state index contributed by atoms with van der Waals surface area (Å²) < 4.78 is 13.3.